The smallest absolute Gasteiger partial charge is 0.315 e. The molecule has 0 radical (unpaired) electrons. The Kier molecular flexibility index (Phi) is 10.3. The van der Waals surface area contributed by atoms with E-state index in [0.29, 0.717) is 12.1 Å². The van der Waals surface area contributed by atoms with E-state index in [9.17, 15) is 4.79 Å². The predicted octanol–water partition coefficient (Wildman–Crippen LogP) is 6.07. The van der Waals surface area contributed by atoms with Crippen LogP contribution in [-0.4, -0.2) is 18.1 Å². The Bertz CT molecular complexity index is 312. The molecule has 2 rings (SSSR count). The van der Waals surface area contributed by atoms with Gasteiger partial charge in [-0.25, -0.2) is 4.79 Å². The summed E-state index contributed by atoms with van der Waals surface area (Å²) in [4.78, 5) is 12.4. The zero-order chi connectivity index (χ0) is 16.9. The highest BCUT2D eigenvalue weighted by Gasteiger charge is 2.17. The SMILES string of the molecule is O=C(NC1CCCCCCCCCCC1)NC1CCCCCCC1. The third kappa shape index (κ3) is 8.94. The van der Waals surface area contributed by atoms with E-state index in [1.165, 1.54) is 89.9 Å². The Labute approximate surface area is 149 Å². The van der Waals surface area contributed by atoms with Crippen LogP contribution in [0.4, 0.5) is 4.79 Å². The van der Waals surface area contributed by atoms with Gasteiger partial charge >= 0.3 is 6.03 Å². The first kappa shape index (κ1) is 19.6. The van der Waals surface area contributed by atoms with Crippen LogP contribution in [0, 0.1) is 0 Å². The summed E-state index contributed by atoms with van der Waals surface area (Å²) in [5.41, 5.74) is 0. The zero-order valence-electron chi connectivity index (χ0n) is 15.8. The van der Waals surface area contributed by atoms with Crippen molar-refractivity contribution in [2.45, 2.75) is 128 Å². The van der Waals surface area contributed by atoms with E-state index >= 15 is 0 Å². The summed E-state index contributed by atoms with van der Waals surface area (Å²) in [6, 6.07) is 0.882. The third-order valence-corrected chi connectivity index (χ3v) is 5.88. The highest BCUT2D eigenvalue weighted by Crippen LogP contribution is 2.18. The summed E-state index contributed by atoms with van der Waals surface area (Å²) in [6.07, 6.45) is 23.4. The van der Waals surface area contributed by atoms with E-state index in [0.717, 1.165) is 25.7 Å². The highest BCUT2D eigenvalue weighted by atomic mass is 16.2. The normalized spacial score (nSPS) is 24.0. The van der Waals surface area contributed by atoms with Crippen LogP contribution in [0.25, 0.3) is 0 Å². The maximum atomic E-state index is 12.4. The molecule has 2 aliphatic carbocycles. The molecule has 0 heterocycles. The maximum absolute atomic E-state index is 12.4. The van der Waals surface area contributed by atoms with Crippen molar-refractivity contribution in [2.75, 3.05) is 0 Å². The number of carbonyl (C=O) groups excluding carboxylic acids is 1. The molecule has 0 spiro atoms. The lowest BCUT2D eigenvalue weighted by Crippen LogP contribution is -2.46. The number of hydrogen-bond acceptors (Lipinski definition) is 1. The molecule has 0 aromatic rings. The summed E-state index contributed by atoms with van der Waals surface area (Å²) in [5.74, 6) is 0. The van der Waals surface area contributed by atoms with Crippen molar-refractivity contribution in [3.8, 4) is 0 Å². The van der Waals surface area contributed by atoms with Crippen molar-refractivity contribution >= 4 is 6.03 Å². The van der Waals surface area contributed by atoms with E-state index in [1.54, 1.807) is 0 Å². The molecule has 24 heavy (non-hydrogen) atoms. The predicted molar refractivity (Wildman–Crippen MR) is 102 cm³/mol. The van der Waals surface area contributed by atoms with Gasteiger partial charge in [-0.05, 0) is 25.7 Å². The lowest BCUT2D eigenvalue weighted by molar-refractivity contribution is 0.227. The summed E-state index contributed by atoms with van der Waals surface area (Å²) in [6.45, 7) is 0. The van der Waals surface area contributed by atoms with Gasteiger partial charge in [0.2, 0.25) is 0 Å². The van der Waals surface area contributed by atoms with Crippen molar-refractivity contribution in [1.82, 2.24) is 10.6 Å². The van der Waals surface area contributed by atoms with E-state index in [2.05, 4.69) is 10.6 Å². The summed E-state index contributed by atoms with van der Waals surface area (Å²) in [5, 5.41) is 6.57. The average molecular weight is 337 g/mol. The molecular weight excluding hydrogens is 296 g/mol. The molecular formula is C21H40N2O. The van der Waals surface area contributed by atoms with Gasteiger partial charge in [-0.15, -0.1) is 0 Å². The number of hydrogen-bond donors (Lipinski definition) is 2. The van der Waals surface area contributed by atoms with Crippen LogP contribution < -0.4 is 10.6 Å². The first-order valence-electron chi connectivity index (χ1n) is 10.9. The molecule has 0 aromatic heterocycles. The van der Waals surface area contributed by atoms with Crippen LogP contribution in [0.2, 0.25) is 0 Å². The molecule has 0 aromatic carbocycles. The molecule has 140 valence electrons. The van der Waals surface area contributed by atoms with Crippen molar-refractivity contribution < 1.29 is 4.79 Å². The fourth-order valence-corrected chi connectivity index (χ4v) is 4.32. The van der Waals surface area contributed by atoms with E-state index in [4.69, 9.17) is 0 Å². The molecule has 0 saturated heterocycles. The average Bonchev–Trinajstić information content (AvgIpc) is 2.52. The van der Waals surface area contributed by atoms with Gasteiger partial charge in [-0.3, -0.25) is 0 Å². The highest BCUT2D eigenvalue weighted by molar-refractivity contribution is 5.74. The second-order valence-electron chi connectivity index (χ2n) is 8.12. The van der Waals surface area contributed by atoms with Crippen LogP contribution in [0.15, 0.2) is 0 Å². The van der Waals surface area contributed by atoms with Crippen molar-refractivity contribution in [3.05, 3.63) is 0 Å². The van der Waals surface area contributed by atoms with Crippen molar-refractivity contribution in [2.24, 2.45) is 0 Å². The first-order chi connectivity index (χ1) is 11.8. The van der Waals surface area contributed by atoms with Crippen molar-refractivity contribution in [1.29, 1.82) is 0 Å². The van der Waals surface area contributed by atoms with E-state index < -0.39 is 0 Å². The van der Waals surface area contributed by atoms with Crippen LogP contribution in [-0.2, 0) is 0 Å². The Morgan fingerprint density at radius 1 is 0.458 bits per heavy atom. The quantitative estimate of drug-likeness (QED) is 0.631. The second kappa shape index (κ2) is 12.6. The number of rotatable bonds is 2. The minimum atomic E-state index is 0.0951. The fraction of sp³-hybridized carbons (Fsp3) is 0.952. The molecule has 0 unspecified atom stereocenters. The largest absolute Gasteiger partial charge is 0.335 e. The fourth-order valence-electron chi connectivity index (χ4n) is 4.32. The topological polar surface area (TPSA) is 41.1 Å². The summed E-state index contributed by atoms with van der Waals surface area (Å²) in [7, 11) is 0. The molecule has 2 N–H and O–H groups in total. The molecule has 3 heteroatoms. The molecule has 2 saturated carbocycles. The molecule has 0 atom stereocenters. The van der Waals surface area contributed by atoms with Gasteiger partial charge in [0.15, 0.2) is 0 Å². The van der Waals surface area contributed by atoms with Gasteiger partial charge in [-0.1, -0.05) is 89.9 Å². The zero-order valence-corrected chi connectivity index (χ0v) is 15.8. The second-order valence-corrected chi connectivity index (χ2v) is 8.12. The van der Waals surface area contributed by atoms with Crippen LogP contribution in [0.1, 0.15) is 116 Å². The number of amides is 2. The number of nitrogens with one attached hydrogen (secondary N) is 2. The first-order valence-corrected chi connectivity index (χ1v) is 10.9. The van der Waals surface area contributed by atoms with Crippen LogP contribution in [0.5, 0.6) is 0 Å². The van der Waals surface area contributed by atoms with Gasteiger partial charge < -0.3 is 10.6 Å². The Hall–Kier alpha value is -0.730. The minimum Gasteiger partial charge on any atom is -0.335 e. The lowest BCUT2D eigenvalue weighted by atomic mass is 9.96. The van der Waals surface area contributed by atoms with Crippen molar-refractivity contribution in [3.63, 3.8) is 0 Å². The monoisotopic (exact) mass is 336 g/mol. The van der Waals surface area contributed by atoms with Gasteiger partial charge in [0.1, 0.15) is 0 Å². The van der Waals surface area contributed by atoms with E-state index in [1.807, 2.05) is 0 Å². The van der Waals surface area contributed by atoms with E-state index in [-0.39, 0.29) is 6.03 Å². The van der Waals surface area contributed by atoms with Crippen LogP contribution in [0.3, 0.4) is 0 Å². The van der Waals surface area contributed by atoms with Gasteiger partial charge in [-0.2, -0.15) is 0 Å². The minimum absolute atomic E-state index is 0.0951. The molecule has 2 amide bonds. The Morgan fingerprint density at radius 3 is 1.00 bits per heavy atom. The summed E-state index contributed by atoms with van der Waals surface area (Å²) >= 11 is 0. The Morgan fingerprint density at radius 2 is 0.708 bits per heavy atom. The number of urea groups is 1. The summed E-state index contributed by atoms with van der Waals surface area (Å²) < 4.78 is 0. The van der Waals surface area contributed by atoms with Crippen LogP contribution >= 0.6 is 0 Å². The number of carbonyl (C=O) groups is 1. The Balaban J connectivity index is 1.71. The van der Waals surface area contributed by atoms with Gasteiger partial charge in [0, 0.05) is 12.1 Å². The molecule has 0 aliphatic heterocycles. The van der Waals surface area contributed by atoms with Gasteiger partial charge in [0.25, 0.3) is 0 Å². The maximum Gasteiger partial charge on any atom is 0.315 e. The third-order valence-electron chi connectivity index (χ3n) is 5.88. The standard InChI is InChI=1S/C21H40N2O/c24-21(23-20-17-13-9-6-10-14-18-20)22-19-15-11-7-4-2-1-3-5-8-12-16-19/h19-20H,1-18H2,(H2,22,23,24). The lowest BCUT2D eigenvalue weighted by Gasteiger charge is -2.24. The molecule has 3 nitrogen and oxygen atoms in total. The molecule has 2 fully saturated rings. The molecule has 0 bridgehead atoms. The van der Waals surface area contributed by atoms with Gasteiger partial charge in [0.05, 0.1) is 0 Å². The molecule has 2 aliphatic rings.